The van der Waals surface area contributed by atoms with Crippen LogP contribution in [-0.4, -0.2) is 24.2 Å². The molecule has 76 valence electrons. The van der Waals surface area contributed by atoms with Gasteiger partial charge in [0.25, 0.3) is 0 Å². The normalized spacial score (nSPS) is 10.8. The van der Waals surface area contributed by atoms with Gasteiger partial charge in [0.05, 0.1) is 0 Å². The van der Waals surface area contributed by atoms with Crippen LogP contribution in [0.15, 0.2) is 11.6 Å². The van der Waals surface area contributed by atoms with Crippen molar-refractivity contribution in [3.05, 3.63) is 11.6 Å². The molecule has 1 amide bonds. The summed E-state index contributed by atoms with van der Waals surface area (Å²) < 4.78 is 0. The van der Waals surface area contributed by atoms with E-state index in [9.17, 15) is 4.79 Å². The first-order valence-corrected chi connectivity index (χ1v) is 4.41. The van der Waals surface area contributed by atoms with Crippen LogP contribution in [0.4, 0.5) is 0 Å². The van der Waals surface area contributed by atoms with Crippen LogP contribution in [0, 0.1) is 5.41 Å². The standard InChI is InChI=1S/C10H19NO2/c1-8(2)5-9(13)11-6-10(3,4)7-12/h5,12H,6-7H2,1-4H3,(H,11,13). The zero-order valence-electron chi connectivity index (χ0n) is 8.85. The lowest BCUT2D eigenvalue weighted by Gasteiger charge is -2.21. The van der Waals surface area contributed by atoms with Crippen molar-refractivity contribution >= 4 is 5.91 Å². The number of rotatable bonds is 4. The first-order valence-electron chi connectivity index (χ1n) is 4.41. The number of nitrogens with one attached hydrogen (secondary N) is 1. The molecule has 0 aliphatic carbocycles. The van der Waals surface area contributed by atoms with Crippen molar-refractivity contribution in [3.63, 3.8) is 0 Å². The molecule has 0 aromatic carbocycles. The molecule has 0 aromatic rings. The van der Waals surface area contributed by atoms with E-state index in [0.29, 0.717) is 6.54 Å². The van der Waals surface area contributed by atoms with Crippen LogP contribution in [0.2, 0.25) is 0 Å². The zero-order valence-corrected chi connectivity index (χ0v) is 8.85. The first-order chi connectivity index (χ1) is 5.87. The monoisotopic (exact) mass is 185 g/mol. The third kappa shape index (κ3) is 6.34. The van der Waals surface area contributed by atoms with E-state index in [1.807, 2.05) is 27.7 Å². The van der Waals surface area contributed by atoms with Crippen LogP contribution in [-0.2, 0) is 4.79 Å². The highest BCUT2D eigenvalue weighted by Gasteiger charge is 2.16. The highest BCUT2D eigenvalue weighted by atomic mass is 16.3. The fourth-order valence-electron chi connectivity index (χ4n) is 0.696. The average molecular weight is 185 g/mol. The smallest absolute Gasteiger partial charge is 0.243 e. The van der Waals surface area contributed by atoms with E-state index in [0.717, 1.165) is 5.57 Å². The molecule has 0 saturated heterocycles. The van der Waals surface area contributed by atoms with Crippen LogP contribution < -0.4 is 5.32 Å². The number of carbonyl (C=O) groups is 1. The van der Waals surface area contributed by atoms with Gasteiger partial charge >= 0.3 is 0 Å². The Morgan fingerprint density at radius 2 is 2.00 bits per heavy atom. The summed E-state index contributed by atoms with van der Waals surface area (Å²) in [5, 5.41) is 11.7. The summed E-state index contributed by atoms with van der Waals surface area (Å²) >= 11 is 0. The van der Waals surface area contributed by atoms with Gasteiger partial charge in [-0.2, -0.15) is 0 Å². The molecule has 0 unspecified atom stereocenters. The van der Waals surface area contributed by atoms with Gasteiger partial charge in [0.15, 0.2) is 0 Å². The Morgan fingerprint density at radius 3 is 2.38 bits per heavy atom. The largest absolute Gasteiger partial charge is 0.396 e. The molecule has 0 aliphatic heterocycles. The summed E-state index contributed by atoms with van der Waals surface area (Å²) in [6.07, 6.45) is 1.55. The van der Waals surface area contributed by atoms with E-state index in [1.54, 1.807) is 6.08 Å². The van der Waals surface area contributed by atoms with Crippen molar-refractivity contribution in [2.24, 2.45) is 5.41 Å². The van der Waals surface area contributed by atoms with E-state index in [-0.39, 0.29) is 17.9 Å². The Morgan fingerprint density at radius 1 is 1.46 bits per heavy atom. The molecule has 0 radical (unpaired) electrons. The maximum absolute atomic E-state index is 11.1. The summed E-state index contributed by atoms with van der Waals surface area (Å²) in [4.78, 5) is 11.1. The van der Waals surface area contributed by atoms with Gasteiger partial charge in [-0.25, -0.2) is 0 Å². The second-order valence-corrected chi connectivity index (χ2v) is 4.26. The number of aliphatic hydroxyl groups is 1. The fourth-order valence-corrected chi connectivity index (χ4v) is 0.696. The van der Waals surface area contributed by atoms with E-state index >= 15 is 0 Å². The number of hydrogen-bond acceptors (Lipinski definition) is 2. The van der Waals surface area contributed by atoms with Crippen LogP contribution in [0.1, 0.15) is 27.7 Å². The third-order valence-corrected chi connectivity index (χ3v) is 1.59. The number of allylic oxidation sites excluding steroid dienone is 1. The SMILES string of the molecule is CC(C)=CC(=O)NCC(C)(C)CO. The van der Waals surface area contributed by atoms with E-state index < -0.39 is 0 Å². The van der Waals surface area contributed by atoms with Gasteiger partial charge < -0.3 is 10.4 Å². The van der Waals surface area contributed by atoms with Crippen LogP contribution >= 0.6 is 0 Å². The summed E-state index contributed by atoms with van der Waals surface area (Å²) in [6.45, 7) is 8.10. The Balaban J connectivity index is 3.90. The Kier molecular flexibility index (Phi) is 4.70. The highest BCUT2D eigenvalue weighted by molar-refractivity contribution is 5.88. The number of amides is 1. The fraction of sp³-hybridized carbons (Fsp3) is 0.700. The Labute approximate surface area is 79.8 Å². The van der Waals surface area contributed by atoms with Gasteiger partial charge in [-0.3, -0.25) is 4.79 Å². The van der Waals surface area contributed by atoms with Crippen molar-refractivity contribution in [2.45, 2.75) is 27.7 Å². The maximum Gasteiger partial charge on any atom is 0.243 e. The van der Waals surface area contributed by atoms with Crippen molar-refractivity contribution < 1.29 is 9.90 Å². The molecule has 0 atom stereocenters. The van der Waals surface area contributed by atoms with E-state index in [2.05, 4.69) is 5.32 Å². The Bertz CT molecular complexity index is 203. The molecule has 0 rings (SSSR count). The number of hydrogen-bond donors (Lipinski definition) is 2. The third-order valence-electron chi connectivity index (χ3n) is 1.59. The van der Waals surface area contributed by atoms with Gasteiger partial charge in [0, 0.05) is 24.6 Å². The molecule has 3 heteroatoms. The lowest BCUT2D eigenvalue weighted by Crippen LogP contribution is -2.35. The molecule has 2 N–H and O–H groups in total. The quantitative estimate of drug-likeness (QED) is 0.644. The van der Waals surface area contributed by atoms with Crippen molar-refractivity contribution in [2.75, 3.05) is 13.2 Å². The number of carbonyl (C=O) groups excluding carboxylic acids is 1. The van der Waals surface area contributed by atoms with Crippen LogP contribution in [0.25, 0.3) is 0 Å². The summed E-state index contributed by atoms with van der Waals surface area (Å²) in [6, 6.07) is 0. The molecule has 0 aliphatic rings. The molecule has 0 fully saturated rings. The lowest BCUT2D eigenvalue weighted by molar-refractivity contribution is -0.117. The molecule has 13 heavy (non-hydrogen) atoms. The van der Waals surface area contributed by atoms with E-state index in [4.69, 9.17) is 5.11 Å². The van der Waals surface area contributed by atoms with Gasteiger partial charge in [0.1, 0.15) is 0 Å². The summed E-state index contributed by atoms with van der Waals surface area (Å²) in [5.41, 5.74) is 0.727. The van der Waals surface area contributed by atoms with E-state index in [1.165, 1.54) is 0 Å². The second-order valence-electron chi connectivity index (χ2n) is 4.26. The van der Waals surface area contributed by atoms with Crippen molar-refractivity contribution in [1.82, 2.24) is 5.32 Å². The molecule has 0 bridgehead atoms. The van der Waals surface area contributed by atoms with Crippen LogP contribution in [0.3, 0.4) is 0 Å². The van der Waals surface area contributed by atoms with Gasteiger partial charge in [-0.15, -0.1) is 0 Å². The van der Waals surface area contributed by atoms with Crippen molar-refractivity contribution in [3.8, 4) is 0 Å². The lowest BCUT2D eigenvalue weighted by atomic mass is 9.95. The summed E-state index contributed by atoms with van der Waals surface area (Å²) in [7, 11) is 0. The molecule has 0 heterocycles. The average Bonchev–Trinajstić information content (AvgIpc) is 2.00. The first kappa shape index (κ1) is 12.2. The Hall–Kier alpha value is -0.830. The molecule has 3 nitrogen and oxygen atoms in total. The van der Waals surface area contributed by atoms with Gasteiger partial charge in [-0.05, 0) is 13.8 Å². The topological polar surface area (TPSA) is 49.3 Å². The molecule has 0 aromatic heterocycles. The predicted octanol–water partition coefficient (Wildman–Crippen LogP) is 1.09. The molecular formula is C10H19NO2. The molecular weight excluding hydrogens is 166 g/mol. The minimum atomic E-state index is -0.245. The zero-order chi connectivity index (χ0) is 10.5. The summed E-state index contributed by atoms with van der Waals surface area (Å²) in [5.74, 6) is -0.0958. The van der Waals surface area contributed by atoms with Crippen molar-refractivity contribution in [1.29, 1.82) is 0 Å². The molecule has 0 spiro atoms. The predicted molar refractivity (Wildman–Crippen MR) is 53.3 cm³/mol. The van der Waals surface area contributed by atoms with Gasteiger partial charge in [-0.1, -0.05) is 19.4 Å². The number of aliphatic hydroxyl groups excluding tert-OH is 1. The minimum Gasteiger partial charge on any atom is -0.396 e. The minimum absolute atomic E-state index is 0.0715. The molecule has 0 saturated carbocycles. The van der Waals surface area contributed by atoms with Crippen LogP contribution in [0.5, 0.6) is 0 Å². The highest BCUT2D eigenvalue weighted by Crippen LogP contribution is 2.10. The van der Waals surface area contributed by atoms with Gasteiger partial charge in [0.2, 0.25) is 5.91 Å². The second kappa shape index (κ2) is 5.02. The maximum atomic E-state index is 11.1.